The molecule has 5 atom stereocenters. The van der Waals surface area contributed by atoms with E-state index in [-0.39, 0.29) is 25.0 Å². The number of aliphatic carboxylic acids is 1. The highest BCUT2D eigenvalue weighted by Crippen LogP contribution is 2.30. The van der Waals surface area contributed by atoms with Gasteiger partial charge in [0.15, 0.2) is 0 Å². The lowest BCUT2D eigenvalue weighted by molar-refractivity contribution is -0.141. The normalized spacial score (nSPS) is 37.8. The lowest BCUT2D eigenvalue weighted by atomic mass is 9.78. The molecular weight excluding hydrogens is 260 g/mol. The molecule has 0 aromatic rings. The molecule has 2 fully saturated rings. The second-order valence-electron chi connectivity index (χ2n) is 6.22. The first-order chi connectivity index (χ1) is 9.40. The molecule has 0 aromatic heterocycles. The summed E-state index contributed by atoms with van der Waals surface area (Å²) in [6.45, 7) is 4.41. The second-order valence-corrected chi connectivity index (χ2v) is 6.22. The first-order valence-corrected chi connectivity index (χ1v) is 7.38. The molecule has 6 heteroatoms. The van der Waals surface area contributed by atoms with Crippen LogP contribution in [0.4, 0.5) is 4.79 Å². The number of urea groups is 1. The lowest BCUT2D eigenvalue weighted by Crippen LogP contribution is -2.52. The van der Waals surface area contributed by atoms with Gasteiger partial charge in [-0.15, -0.1) is 0 Å². The zero-order valence-electron chi connectivity index (χ0n) is 12.1. The van der Waals surface area contributed by atoms with E-state index in [0.717, 1.165) is 12.8 Å². The smallest absolute Gasteiger partial charge is 0.326 e. The summed E-state index contributed by atoms with van der Waals surface area (Å²) in [4.78, 5) is 24.7. The van der Waals surface area contributed by atoms with Crippen LogP contribution in [0.15, 0.2) is 0 Å². The Morgan fingerprint density at radius 1 is 1.25 bits per heavy atom. The molecule has 1 aliphatic carbocycles. The lowest BCUT2D eigenvalue weighted by Gasteiger charge is -2.36. The van der Waals surface area contributed by atoms with Crippen LogP contribution in [0.25, 0.3) is 0 Å². The van der Waals surface area contributed by atoms with Gasteiger partial charge in [0, 0.05) is 19.0 Å². The summed E-state index contributed by atoms with van der Waals surface area (Å²) in [5.74, 6) is -0.0984. The molecule has 3 N–H and O–H groups in total. The first kappa shape index (κ1) is 15.1. The SMILES string of the molecule is CC1CCCC(NC(=O)N2CC(O)C[C@H]2C(=O)O)C1C. The fourth-order valence-electron chi connectivity index (χ4n) is 3.30. The van der Waals surface area contributed by atoms with Crippen molar-refractivity contribution in [3.8, 4) is 0 Å². The van der Waals surface area contributed by atoms with E-state index in [9.17, 15) is 14.7 Å². The molecule has 1 saturated heterocycles. The maximum absolute atomic E-state index is 12.3. The number of carbonyl (C=O) groups is 2. The van der Waals surface area contributed by atoms with Crippen molar-refractivity contribution in [2.45, 2.75) is 57.7 Å². The van der Waals surface area contributed by atoms with E-state index < -0.39 is 18.1 Å². The molecule has 2 aliphatic rings. The maximum Gasteiger partial charge on any atom is 0.326 e. The Morgan fingerprint density at radius 3 is 2.60 bits per heavy atom. The van der Waals surface area contributed by atoms with Gasteiger partial charge in [-0.1, -0.05) is 26.7 Å². The highest BCUT2D eigenvalue weighted by Gasteiger charge is 2.40. The number of carboxylic acid groups (broad SMARTS) is 1. The molecule has 0 aromatic carbocycles. The largest absolute Gasteiger partial charge is 0.480 e. The van der Waals surface area contributed by atoms with E-state index in [1.807, 2.05) is 0 Å². The van der Waals surface area contributed by atoms with Gasteiger partial charge in [0.25, 0.3) is 0 Å². The van der Waals surface area contributed by atoms with Crippen LogP contribution in [0, 0.1) is 11.8 Å². The van der Waals surface area contributed by atoms with E-state index in [4.69, 9.17) is 5.11 Å². The van der Waals surface area contributed by atoms with Crippen molar-refractivity contribution in [1.29, 1.82) is 0 Å². The first-order valence-electron chi connectivity index (χ1n) is 7.38. The van der Waals surface area contributed by atoms with E-state index in [1.54, 1.807) is 0 Å². The monoisotopic (exact) mass is 284 g/mol. The van der Waals surface area contributed by atoms with Gasteiger partial charge in [0.05, 0.1) is 6.10 Å². The number of nitrogens with zero attached hydrogens (tertiary/aromatic N) is 1. The van der Waals surface area contributed by atoms with Gasteiger partial charge in [0.2, 0.25) is 0 Å². The third-order valence-electron chi connectivity index (χ3n) is 4.84. The molecule has 1 saturated carbocycles. The summed E-state index contributed by atoms with van der Waals surface area (Å²) in [5, 5.41) is 21.7. The van der Waals surface area contributed by atoms with Gasteiger partial charge in [-0.3, -0.25) is 0 Å². The van der Waals surface area contributed by atoms with Crippen molar-refractivity contribution in [2.24, 2.45) is 11.8 Å². The number of hydrogen-bond donors (Lipinski definition) is 3. The molecule has 0 spiro atoms. The minimum Gasteiger partial charge on any atom is -0.480 e. The average Bonchev–Trinajstić information content (AvgIpc) is 2.77. The van der Waals surface area contributed by atoms with Crippen LogP contribution in [0.5, 0.6) is 0 Å². The minimum absolute atomic E-state index is 0.0958. The number of aliphatic hydroxyl groups excluding tert-OH is 1. The van der Waals surface area contributed by atoms with Crippen molar-refractivity contribution in [2.75, 3.05) is 6.54 Å². The summed E-state index contributed by atoms with van der Waals surface area (Å²) in [5.41, 5.74) is 0. The zero-order chi connectivity index (χ0) is 14.9. The highest BCUT2D eigenvalue weighted by molar-refractivity contribution is 5.83. The summed E-state index contributed by atoms with van der Waals surface area (Å²) in [7, 11) is 0. The third kappa shape index (κ3) is 3.06. The standard InChI is InChI=1S/C14H24N2O4/c1-8-4-3-5-11(9(8)2)15-14(20)16-7-10(17)6-12(16)13(18)19/h8-12,17H,3-7H2,1-2H3,(H,15,20)(H,18,19)/t8?,9?,10?,11?,12-/m0/s1. The van der Waals surface area contributed by atoms with Crippen LogP contribution in [0.3, 0.4) is 0 Å². The molecule has 1 aliphatic heterocycles. The number of aliphatic hydroxyl groups is 1. The van der Waals surface area contributed by atoms with Gasteiger partial charge >= 0.3 is 12.0 Å². The van der Waals surface area contributed by atoms with E-state index >= 15 is 0 Å². The van der Waals surface area contributed by atoms with Crippen molar-refractivity contribution in [1.82, 2.24) is 10.2 Å². The van der Waals surface area contributed by atoms with E-state index in [2.05, 4.69) is 19.2 Å². The van der Waals surface area contributed by atoms with Crippen molar-refractivity contribution in [3.63, 3.8) is 0 Å². The fraction of sp³-hybridized carbons (Fsp3) is 0.857. The second kappa shape index (κ2) is 5.99. The van der Waals surface area contributed by atoms with E-state index in [1.165, 1.54) is 11.3 Å². The molecule has 4 unspecified atom stereocenters. The Balaban J connectivity index is 1.98. The van der Waals surface area contributed by atoms with Gasteiger partial charge in [-0.2, -0.15) is 0 Å². The van der Waals surface area contributed by atoms with Gasteiger partial charge in [-0.25, -0.2) is 9.59 Å². The molecule has 6 nitrogen and oxygen atoms in total. The van der Waals surface area contributed by atoms with Crippen LogP contribution in [-0.2, 0) is 4.79 Å². The summed E-state index contributed by atoms with van der Waals surface area (Å²) in [6.07, 6.45) is 2.56. The maximum atomic E-state index is 12.3. The van der Waals surface area contributed by atoms with Crippen LogP contribution >= 0.6 is 0 Å². The van der Waals surface area contributed by atoms with Gasteiger partial charge in [-0.05, 0) is 18.3 Å². The number of amides is 2. The van der Waals surface area contributed by atoms with Crippen molar-refractivity contribution in [3.05, 3.63) is 0 Å². The Kier molecular flexibility index (Phi) is 4.52. The highest BCUT2D eigenvalue weighted by atomic mass is 16.4. The third-order valence-corrected chi connectivity index (χ3v) is 4.84. The Bertz CT molecular complexity index is 387. The average molecular weight is 284 g/mol. The molecule has 2 rings (SSSR count). The zero-order valence-corrected chi connectivity index (χ0v) is 12.1. The van der Waals surface area contributed by atoms with Crippen molar-refractivity contribution < 1.29 is 19.8 Å². The number of β-amino-alcohol motifs (C(OH)–C–C–N with tert-alkyl or cyclic N) is 1. The molecule has 114 valence electrons. The number of likely N-dealkylation sites (tertiary alicyclic amines) is 1. The molecular formula is C14H24N2O4. The Morgan fingerprint density at radius 2 is 1.95 bits per heavy atom. The topological polar surface area (TPSA) is 89.9 Å². The number of carboxylic acids is 1. The Hall–Kier alpha value is -1.30. The fourth-order valence-corrected chi connectivity index (χ4v) is 3.30. The Labute approximate surface area is 119 Å². The van der Waals surface area contributed by atoms with Crippen LogP contribution in [-0.4, -0.2) is 51.8 Å². The van der Waals surface area contributed by atoms with Crippen LogP contribution < -0.4 is 5.32 Å². The van der Waals surface area contributed by atoms with Crippen molar-refractivity contribution >= 4 is 12.0 Å². The predicted molar refractivity (Wildman–Crippen MR) is 73.3 cm³/mol. The molecule has 0 bridgehead atoms. The summed E-state index contributed by atoms with van der Waals surface area (Å²) < 4.78 is 0. The minimum atomic E-state index is -1.05. The summed E-state index contributed by atoms with van der Waals surface area (Å²) >= 11 is 0. The number of hydrogen-bond acceptors (Lipinski definition) is 3. The summed E-state index contributed by atoms with van der Waals surface area (Å²) in [6, 6.07) is -1.18. The quantitative estimate of drug-likeness (QED) is 0.707. The van der Waals surface area contributed by atoms with Crippen LogP contribution in [0.1, 0.15) is 39.5 Å². The van der Waals surface area contributed by atoms with Gasteiger partial charge < -0.3 is 20.4 Å². The van der Waals surface area contributed by atoms with Gasteiger partial charge in [0.1, 0.15) is 6.04 Å². The number of rotatable bonds is 2. The predicted octanol–water partition coefficient (Wildman–Crippen LogP) is 1.04. The molecule has 1 heterocycles. The molecule has 0 radical (unpaired) electrons. The van der Waals surface area contributed by atoms with Crippen LogP contribution in [0.2, 0.25) is 0 Å². The molecule has 20 heavy (non-hydrogen) atoms. The molecule has 2 amide bonds. The van der Waals surface area contributed by atoms with E-state index in [0.29, 0.717) is 11.8 Å². The number of nitrogens with one attached hydrogen (secondary N) is 1. The number of carbonyl (C=O) groups excluding carboxylic acids is 1.